The average molecular weight is 319 g/mol. The van der Waals surface area contributed by atoms with E-state index in [0.29, 0.717) is 16.6 Å². The largest absolute Gasteiger partial charge is 0.492 e. The highest BCUT2D eigenvalue weighted by Crippen LogP contribution is 2.38. The van der Waals surface area contributed by atoms with Crippen molar-refractivity contribution in [1.82, 2.24) is 4.98 Å². The molecule has 0 amide bonds. The zero-order chi connectivity index (χ0) is 17.4. The minimum atomic E-state index is -1.06. The van der Waals surface area contributed by atoms with Crippen LogP contribution in [0.15, 0.2) is 17.7 Å². The zero-order valence-corrected chi connectivity index (χ0v) is 14.1. The van der Waals surface area contributed by atoms with E-state index in [1.807, 2.05) is 27.7 Å². The first-order valence-electron chi connectivity index (χ1n) is 7.44. The van der Waals surface area contributed by atoms with E-state index in [1.54, 1.807) is 19.1 Å². The molecule has 2 N–H and O–H groups in total. The van der Waals surface area contributed by atoms with Crippen molar-refractivity contribution >= 4 is 19.2 Å². The van der Waals surface area contributed by atoms with Crippen LogP contribution in [0, 0.1) is 6.92 Å². The summed E-state index contributed by atoms with van der Waals surface area (Å²) in [7, 11) is -0.649. The number of hydrogen-bond donors (Lipinski definition) is 2. The summed E-state index contributed by atoms with van der Waals surface area (Å²) in [4.78, 5) is 14.9. The first-order valence-corrected chi connectivity index (χ1v) is 7.44. The number of rotatable bonds is 4. The highest BCUT2D eigenvalue weighted by molar-refractivity contribution is 6.55. The van der Waals surface area contributed by atoms with Gasteiger partial charge >= 0.3 is 13.1 Å². The second kappa shape index (κ2) is 6.07. The van der Waals surface area contributed by atoms with Crippen LogP contribution in [0.4, 0.5) is 0 Å². The molecule has 2 rings (SSSR count). The van der Waals surface area contributed by atoms with Crippen LogP contribution < -0.4 is 0 Å². The maximum Gasteiger partial charge on any atom is 0.492 e. The molecule has 0 aromatic carbocycles. The maximum atomic E-state index is 11.0. The zero-order valence-electron chi connectivity index (χ0n) is 14.1. The molecule has 2 heterocycles. The van der Waals surface area contributed by atoms with Gasteiger partial charge in [-0.1, -0.05) is 6.08 Å². The summed E-state index contributed by atoms with van der Waals surface area (Å²) in [5.41, 5.74) is 0.834. The van der Waals surface area contributed by atoms with Crippen LogP contribution in [0.2, 0.25) is 0 Å². The molecule has 0 atom stereocenters. The highest BCUT2D eigenvalue weighted by atomic mass is 16.7. The van der Waals surface area contributed by atoms with Crippen molar-refractivity contribution in [3.8, 4) is 0 Å². The van der Waals surface area contributed by atoms with Crippen molar-refractivity contribution in [2.75, 3.05) is 6.61 Å². The first-order chi connectivity index (χ1) is 10.6. The molecule has 0 saturated carbocycles. The van der Waals surface area contributed by atoms with Crippen LogP contribution >= 0.6 is 0 Å². The van der Waals surface area contributed by atoms with Crippen LogP contribution in [0.3, 0.4) is 0 Å². The lowest BCUT2D eigenvalue weighted by Crippen LogP contribution is -2.41. The van der Waals surface area contributed by atoms with Gasteiger partial charge in [-0.3, -0.25) is 0 Å². The van der Waals surface area contributed by atoms with Gasteiger partial charge in [0.1, 0.15) is 0 Å². The molecule has 1 aliphatic heterocycles. The number of aryl methyl sites for hydroxylation is 1. The fourth-order valence-corrected chi connectivity index (χ4v) is 2.30. The van der Waals surface area contributed by atoms with Crippen LogP contribution in [0.25, 0.3) is 6.08 Å². The smallest absolute Gasteiger partial charge is 0.477 e. The average Bonchev–Trinajstić information content (AvgIpc) is 2.64. The number of carboxylic acids is 1. The number of nitrogens with zero attached hydrogens (tertiary/aromatic N) is 1. The molecular weight excluding hydrogens is 297 g/mol. The molecule has 6 nitrogen and oxygen atoms in total. The Morgan fingerprint density at radius 1 is 1.30 bits per heavy atom. The normalized spacial score (nSPS) is 19.9. The van der Waals surface area contributed by atoms with E-state index in [9.17, 15) is 9.90 Å². The molecule has 124 valence electrons. The fraction of sp³-hybridized carbons (Fsp3) is 0.500. The first kappa shape index (κ1) is 17.7. The van der Waals surface area contributed by atoms with E-state index in [1.165, 1.54) is 6.20 Å². The van der Waals surface area contributed by atoms with Crippen molar-refractivity contribution < 1.29 is 24.3 Å². The van der Waals surface area contributed by atoms with Crippen LogP contribution in [-0.4, -0.2) is 46.1 Å². The molecule has 0 aliphatic carbocycles. The van der Waals surface area contributed by atoms with Gasteiger partial charge in [-0.05, 0) is 57.3 Å². The van der Waals surface area contributed by atoms with E-state index in [-0.39, 0.29) is 12.3 Å². The minimum absolute atomic E-state index is 0.0170. The van der Waals surface area contributed by atoms with Crippen molar-refractivity contribution in [2.45, 2.75) is 45.8 Å². The summed E-state index contributed by atoms with van der Waals surface area (Å²) in [6.07, 6.45) is 3.17. The standard InChI is InChI=1S/C16H22BNO5/c1-10-6-11(8-18-13(10)14(20)21)7-12(9-19)17-22-15(2,3)16(4,5)23-17/h6-8,19H,9H2,1-5H3,(H,20,21). The summed E-state index contributed by atoms with van der Waals surface area (Å²) in [5, 5.41) is 18.7. The molecule has 0 spiro atoms. The minimum Gasteiger partial charge on any atom is -0.477 e. The summed E-state index contributed by atoms with van der Waals surface area (Å²) < 4.78 is 11.8. The molecule has 1 aliphatic rings. The number of aromatic carboxylic acids is 1. The number of aliphatic hydroxyl groups excluding tert-OH is 1. The monoisotopic (exact) mass is 319 g/mol. The second-order valence-electron chi connectivity index (χ2n) is 6.70. The topological polar surface area (TPSA) is 88.9 Å². The molecule has 0 unspecified atom stereocenters. The SMILES string of the molecule is Cc1cc(C=C(CO)B2OC(C)(C)C(C)(C)O2)cnc1C(=O)O. The molecule has 1 fully saturated rings. The predicted octanol–water partition coefficient (Wildman–Crippen LogP) is 2.10. The Hall–Kier alpha value is -1.70. The lowest BCUT2D eigenvalue weighted by Gasteiger charge is -2.32. The van der Waals surface area contributed by atoms with Crippen molar-refractivity contribution in [3.63, 3.8) is 0 Å². The molecule has 7 heteroatoms. The van der Waals surface area contributed by atoms with E-state index in [4.69, 9.17) is 14.4 Å². The number of carboxylic acid groups (broad SMARTS) is 1. The van der Waals surface area contributed by atoms with Gasteiger partial charge in [0.15, 0.2) is 5.69 Å². The Balaban J connectivity index is 2.30. The lowest BCUT2D eigenvalue weighted by molar-refractivity contribution is 0.00578. The van der Waals surface area contributed by atoms with Crippen molar-refractivity contribution in [1.29, 1.82) is 0 Å². The summed E-state index contributed by atoms with van der Waals surface area (Å²) in [6.45, 7) is 9.22. The Kier molecular flexibility index (Phi) is 4.66. The molecule has 1 aromatic heterocycles. The van der Waals surface area contributed by atoms with Gasteiger partial charge in [0.05, 0.1) is 17.8 Å². The third-order valence-corrected chi connectivity index (χ3v) is 4.39. The molecule has 0 radical (unpaired) electrons. The number of aromatic nitrogens is 1. The number of aliphatic hydroxyl groups is 1. The van der Waals surface area contributed by atoms with E-state index < -0.39 is 24.3 Å². The van der Waals surface area contributed by atoms with Gasteiger partial charge in [0.25, 0.3) is 0 Å². The number of pyridine rings is 1. The Morgan fingerprint density at radius 3 is 2.30 bits per heavy atom. The summed E-state index contributed by atoms with van der Waals surface area (Å²) in [5.74, 6) is -1.06. The van der Waals surface area contributed by atoms with Gasteiger partial charge in [-0.25, -0.2) is 9.78 Å². The molecule has 0 bridgehead atoms. The molecule has 1 saturated heterocycles. The fourth-order valence-electron chi connectivity index (χ4n) is 2.30. The molecule has 1 aromatic rings. The number of carbonyl (C=O) groups is 1. The van der Waals surface area contributed by atoms with Crippen LogP contribution in [-0.2, 0) is 9.31 Å². The molecule has 23 heavy (non-hydrogen) atoms. The van der Waals surface area contributed by atoms with Gasteiger partial charge in [-0.15, -0.1) is 0 Å². The highest BCUT2D eigenvalue weighted by Gasteiger charge is 2.52. The van der Waals surface area contributed by atoms with Gasteiger partial charge < -0.3 is 19.5 Å². The summed E-state index contributed by atoms with van der Waals surface area (Å²) in [6, 6.07) is 1.71. The van der Waals surface area contributed by atoms with Crippen molar-refractivity contribution in [3.05, 3.63) is 34.6 Å². The van der Waals surface area contributed by atoms with Gasteiger partial charge in [0, 0.05) is 6.20 Å². The second-order valence-corrected chi connectivity index (χ2v) is 6.70. The van der Waals surface area contributed by atoms with Gasteiger partial charge in [0.2, 0.25) is 0 Å². The van der Waals surface area contributed by atoms with Crippen LogP contribution in [0.1, 0.15) is 49.3 Å². The van der Waals surface area contributed by atoms with E-state index >= 15 is 0 Å². The third kappa shape index (κ3) is 3.47. The van der Waals surface area contributed by atoms with Crippen LogP contribution in [0.5, 0.6) is 0 Å². The Morgan fingerprint density at radius 2 is 1.87 bits per heavy atom. The third-order valence-electron chi connectivity index (χ3n) is 4.39. The Bertz CT molecular complexity index is 638. The molecular formula is C16H22BNO5. The van der Waals surface area contributed by atoms with Gasteiger partial charge in [-0.2, -0.15) is 0 Å². The quantitative estimate of drug-likeness (QED) is 0.826. The maximum absolute atomic E-state index is 11.0. The number of hydrogen-bond acceptors (Lipinski definition) is 5. The lowest BCUT2D eigenvalue weighted by atomic mass is 9.77. The summed E-state index contributed by atoms with van der Waals surface area (Å²) >= 11 is 0. The van der Waals surface area contributed by atoms with E-state index in [2.05, 4.69) is 4.98 Å². The van der Waals surface area contributed by atoms with E-state index in [0.717, 1.165) is 0 Å². The van der Waals surface area contributed by atoms with Crippen molar-refractivity contribution in [2.24, 2.45) is 0 Å². The predicted molar refractivity (Wildman–Crippen MR) is 87.1 cm³/mol. The Labute approximate surface area is 136 Å².